The fourth-order valence-corrected chi connectivity index (χ4v) is 3.81. The molecular formula is C21H24FN5O3. The molecule has 2 heterocycles. The van der Waals surface area contributed by atoms with Crippen LogP contribution < -0.4 is 14.8 Å². The maximum Gasteiger partial charge on any atom is 0.238 e. The Bertz CT molecular complexity index is 1050. The molecule has 0 aliphatic carbocycles. The molecule has 1 saturated heterocycles. The van der Waals surface area contributed by atoms with Crippen molar-refractivity contribution in [3.63, 3.8) is 0 Å². The van der Waals surface area contributed by atoms with E-state index in [0.717, 1.165) is 31.4 Å². The lowest BCUT2D eigenvalue weighted by Gasteiger charge is -2.31. The molecule has 1 aromatic heterocycles. The molecule has 9 heteroatoms. The van der Waals surface area contributed by atoms with Crippen LogP contribution in [0.1, 0.15) is 18.9 Å². The van der Waals surface area contributed by atoms with Gasteiger partial charge in [-0.3, -0.25) is 9.69 Å². The lowest BCUT2D eigenvalue weighted by molar-refractivity contribution is -0.117. The number of piperidine rings is 1. The van der Waals surface area contributed by atoms with Gasteiger partial charge in [-0.25, -0.2) is 9.07 Å². The van der Waals surface area contributed by atoms with Crippen molar-refractivity contribution in [3.05, 3.63) is 42.2 Å². The lowest BCUT2D eigenvalue weighted by Crippen LogP contribution is -2.39. The monoisotopic (exact) mass is 413 g/mol. The Morgan fingerprint density at radius 2 is 1.97 bits per heavy atom. The number of hydrogen-bond donors (Lipinski definition) is 1. The van der Waals surface area contributed by atoms with Crippen molar-refractivity contribution >= 4 is 22.6 Å². The molecule has 30 heavy (non-hydrogen) atoms. The molecule has 1 N–H and O–H groups in total. The molecule has 0 atom stereocenters. The smallest absolute Gasteiger partial charge is 0.238 e. The van der Waals surface area contributed by atoms with Gasteiger partial charge in [0.1, 0.15) is 22.8 Å². The summed E-state index contributed by atoms with van der Waals surface area (Å²) < 4.78 is 25.8. The predicted molar refractivity (Wildman–Crippen MR) is 110 cm³/mol. The van der Waals surface area contributed by atoms with Gasteiger partial charge < -0.3 is 14.8 Å². The minimum atomic E-state index is -0.317. The number of fused-ring (bicyclic) bond motifs is 1. The maximum absolute atomic E-state index is 13.4. The van der Waals surface area contributed by atoms with Crippen LogP contribution in [0.3, 0.4) is 0 Å². The molecule has 1 aliphatic rings. The molecule has 0 spiro atoms. The van der Waals surface area contributed by atoms with E-state index >= 15 is 0 Å². The van der Waals surface area contributed by atoms with Crippen LogP contribution in [-0.4, -0.2) is 59.7 Å². The first kappa shape index (κ1) is 20.1. The average Bonchev–Trinajstić information content (AvgIpc) is 3.17. The Balaban J connectivity index is 1.35. The maximum atomic E-state index is 13.4. The Hall–Kier alpha value is -3.20. The van der Waals surface area contributed by atoms with Gasteiger partial charge in [-0.1, -0.05) is 5.21 Å². The Morgan fingerprint density at radius 3 is 2.70 bits per heavy atom. The highest BCUT2D eigenvalue weighted by Crippen LogP contribution is 2.29. The molecule has 2 aromatic carbocycles. The summed E-state index contributed by atoms with van der Waals surface area (Å²) in [5.74, 6) is 0.800. The number of likely N-dealkylation sites (tertiary alicyclic amines) is 1. The topological polar surface area (TPSA) is 81.5 Å². The van der Waals surface area contributed by atoms with Crippen LogP contribution in [-0.2, 0) is 4.79 Å². The lowest BCUT2D eigenvalue weighted by atomic mass is 10.0. The Labute approximate surface area is 173 Å². The van der Waals surface area contributed by atoms with Gasteiger partial charge in [-0.2, -0.15) is 0 Å². The van der Waals surface area contributed by atoms with Crippen LogP contribution in [0.4, 0.5) is 10.1 Å². The summed E-state index contributed by atoms with van der Waals surface area (Å²) in [5.41, 5.74) is 1.97. The van der Waals surface area contributed by atoms with Crippen molar-refractivity contribution in [2.45, 2.75) is 18.9 Å². The van der Waals surface area contributed by atoms with Crippen LogP contribution in [0, 0.1) is 5.82 Å². The number of amides is 1. The first-order valence-corrected chi connectivity index (χ1v) is 9.82. The molecular weight excluding hydrogens is 389 g/mol. The number of rotatable bonds is 6. The third kappa shape index (κ3) is 4.20. The molecule has 0 unspecified atom stereocenters. The number of nitrogens with one attached hydrogen (secondary N) is 1. The number of anilines is 1. The van der Waals surface area contributed by atoms with Gasteiger partial charge in [-0.05, 0) is 37.1 Å². The van der Waals surface area contributed by atoms with Crippen molar-refractivity contribution in [2.24, 2.45) is 0 Å². The second-order valence-corrected chi connectivity index (χ2v) is 7.29. The summed E-state index contributed by atoms with van der Waals surface area (Å²) in [7, 11) is 3.14. The molecule has 0 radical (unpaired) electrons. The fourth-order valence-electron chi connectivity index (χ4n) is 3.81. The fraction of sp³-hybridized carbons (Fsp3) is 0.381. The van der Waals surface area contributed by atoms with E-state index in [2.05, 4.69) is 20.5 Å². The molecule has 8 nitrogen and oxygen atoms in total. The number of carbonyl (C=O) groups excluding carboxylic acids is 1. The number of halogens is 1. The second kappa shape index (κ2) is 8.66. The minimum absolute atomic E-state index is 0.110. The van der Waals surface area contributed by atoms with Crippen molar-refractivity contribution in [1.82, 2.24) is 19.9 Å². The van der Waals surface area contributed by atoms with Crippen molar-refractivity contribution in [3.8, 4) is 11.5 Å². The number of benzene rings is 2. The number of aromatic nitrogens is 3. The molecule has 1 fully saturated rings. The largest absolute Gasteiger partial charge is 0.497 e. The molecule has 3 aromatic rings. The van der Waals surface area contributed by atoms with E-state index in [-0.39, 0.29) is 24.3 Å². The van der Waals surface area contributed by atoms with Crippen molar-refractivity contribution in [1.29, 1.82) is 0 Å². The quantitative estimate of drug-likeness (QED) is 0.669. The summed E-state index contributed by atoms with van der Waals surface area (Å²) >= 11 is 0. The molecule has 158 valence electrons. The van der Waals surface area contributed by atoms with Crippen LogP contribution >= 0.6 is 0 Å². The van der Waals surface area contributed by atoms with Gasteiger partial charge in [0.2, 0.25) is 5.91 Å². The van der Waals surface area contributed by atoms with E-state index in [1.54, 1.807) is 38.5 Å². The van der Waals surface area contributed by atoms with Crippen LogP contribution in [0.15, 0.2) is 36.4 Å². The summed E-state index contributed by atoms with van der Waals surface area (Å²) in [6.45, 7) is 1.81. The van der Waals surface area contributed by atoms with Crippen LogP contribution in [0.25, 0.3) is 11.0 Å². The average molecular weight is 413 g/mol. The zero-order chi connectivity index (χ0) is 21.1. The van der Waals surface area contributed by atoms with Crippen molar-refractivity contribution < 1.29 is 18.7 Å². The van der Waals surface area contributed by atoms with E-state index in [9.17, 15) is 9.18 Å². The van der Waals surface area contributed by atoms with Gasteiger partial charge in [0.25, 0.3) is 0 Å². The van der Waals surface area contributed by atoms with Gasteiger partial charge in [0.05, 0.1) is 38.0 Å². The summed E-state index contributed by atoms with van der Waals surface area (Å²) in [6, 6.07) is 9.99. The van der Waals surface area contributed by atoms with E-state index in [1.165, 1.54) is 12.1 Å². The SMILES string of the molecule is COc1ccc(OC)c(NC(=O)CN2CCC(n3nnc4cc(F)ccc43)CC2)c1. The standard InChI is InChI=1S/C21H24FN5O3/c1-29-16-4-6-20(30-2)18(12-16)23-21(28)13-26-9-7-15(8-10-26)27-19-5-3-14(22)11-17(19)24-25-27/h3-6,11-12,15H,7-10,13H2,1-2H3,(H,23,28). The molecule has 0 saturated carbocycles. The number of hydrogen-bond acceptors (Lipinski definition) is 6. The number of nitrogens with zero attached hydrogens (tertiary/aromatic N) is 4. The summed E-state index contributed by atoms with van der Waals surface area (Å²) in [6.07, 6.45) is 1.68. The Morgan fingerprint density at radius 1 is 1.17 bits per heavy atom. The number of carbonyl (C=O) groups is 1. The van der Waals surface area contributed by atoms with E-state index < -0.39 is 0 Å². The van der Waals surface area contributed by atoms with E-state index in [0.29, 0.717) is 22.7 Å². The summed E-state index contributed by atoms with van der Waals surface area (Å²) in [5, 5.41) is 11.2. The zero-order valence-corrected chi connectivity index (χ0v) is 17.0. The van der Waals surface area contributed by atoms with E-state index in [4.69, 9.17) is 9.47 Å². The highest BCUT2D eigenvalue weighted by Gasteiger charge is 2.24. The summed E-state index contributed by atoms with van der Waals surface area (Å²) in [4.78, 5) is 14.7. The normalized spacial score (nSPS) is 15.3. The molecule has 1 aliphatic heterocycles. The third-order valence-corrected chi connectivity index (χ3v) is 5.38. The number of methoxy groups -OCH3 is 2. The van der Waals surface area contributed by atoms with Crippen molar-refractivity contribution in [2.75, 3.05) is 39.2 Å². The van der Waals surface area contributed by atoms with Gasteiger partial charge in [-0.15, -0.1) is 5.10 Å². The van der Waals surface area contributed by atoms with Crippen LogP contribution in [0.2, 0.25) is 0 Å². The first-order chi connectivity index (χ1) is 14.6. The second-order valence-electron chi connectivity index (χ2n) is 7.29. The molecule has 4 rings (SSSR count). The van der Waals surface area contributed by atoms with E-state index in [1.807, 2.05) is 4.68 Å². The highest BCUT2D eigenvalue weighted by molar-refractivity contribution is 5.94. The Kier molecular flexibility index (Phi) is 5.80. The van der Waals surface area contributed by atoms with Gasteiger partial charge in [0, 0.05) is 25.2 Å². The molecule has 1 amide bonds. The zero-order valence-electron chi connectivity index (χ0n) is 17.0. The predicted octanol–water partition coefficient (Wildman–Crippen LogP) is 2.86. The molecule has 0 bridgehead atoms. The third-order valence-electron chi connectivity index (χ3n) is 5.38. The minimum Gasteiger partial charge on any atom is -0.497 e. The van der Waals surface area contributed by atoms with Gasteiger partial charge >= 0.3 is 0 Å². The van der Waals surface area contributed by atoms with Crippen LogP contribution in [0.5, 0.6) is 11.5 Å². The highest BCUT2D eigenvalue weighted by atomic mass is 19.1. The van der Waals surface area contributed by atoms with Gasteiger partial charge in [0.15, 0.2) is 0 Å². The number of ether oxygens (including phenoxy) is 2. The first-order valence-electron chi connectivity index (χ1n) is 9.82.